The summed E-state index contributed by atoms with van der Waals surface area (Å²) < 4.78 is 46.2. The Hall–Kier alpha value is -4.23. The topological polar surface area (TPSA) is 134 Å². The van der Waals surface area contributed by atoms with Gasteiger partial charge in [0.05, 0.1) is 23.4 Å². The van der Waals surface area contributed by atoms with E-state index < -0.39 is 46.6 Å². The molecule has 3 rings (SSSR count). The number of nitrogens with zero attached hydrogens (tertiary/aromatic N) is 5. The molecule has 0 fully saturated rings. The van der Waals surface area contributed by atoms with Gasteiger partial charge in [0.15, 0.2) is 5.82 Å². The Labute approximate surface area is 183 Å². The lowest BCUT2D eigenvalue weighted by Crippen LogP contribution is -2.23. The van der Waals surface area contributed by atoms with Crippen molar-refractivity contribution < 1.29 is 32.4 Å². The summed E-state index contributed by atoms with van der Waals surface area (Å²) in [6.07, 6.45) is -3.91. The number of amides is 1. The number of hydrogen-bond donors (Lipinski definition) is 1. The number of alkyl halides is 3. The summed E-state index contributed by atoms with van der Waals surface area (Å²) in [5, 5.41) is 20.8. The van der Waals surface area contributed by atoms with Gasteiger partial charge in [0.25, 0.3) is 0 Å². The standard InChI is InChI=1S/C19H17F3N6O5/c1-3-33-18(30)13-9-23-27(12-7-5-4-6-8-12)17(13)24-14(29)10-26-11(2)15(28(31)32)16(25-26)19(20,21)22/h4-9H,3,10H2,1-2H3,(H,24,29). The van der Waals surface area contributed by atoms with Crippen molar-refractivity contribution in [3.05, 3.63) is 63.6 Å². The van der Waals surface area contributed by atoms with E-state index in [2.05, 4.69) is 15.5 Å². The zero-order chi connectivity index (χ0) is 24.3. The average Bonchev–Trinajstić information content (AvgIpc) is 3.30. The van der Waals surface area contributed by atoms with E-state index in [4.69, 9.17) is 4.74 Å². The van der Waals surface area contributed by atoms with Gasteiger partial charge in [-0.15, -0.1) is 0 Å². The molecule has 0 aliphatic carbocycles. The van der Waals surface area contributed by atoms with E-state index >= 15 is 0 Å². The van der Waals surface area contributed by atoms with E-state index in [1.165, 1.54) is 10.9 Å². The lowest BCUT2D eigenvalue weighted by atomic mass is 10.3. The molecular formula is C19H17F3N6O5. The van der Waals surface area contributed by atoms with Gasteiger partial charge in [-0.2, -0.15) is 23.4 Å². The van der Waals surface area contributed by atoms with Gasteiger partial charge >= 0.3 is 17.8 Å². The Kier molecular flexibility index (Phi) is 6.46. The van der Waals surface area contributed by atoms with Gasteiger partial charge in [-0.05, 0) is 26.0 Å². The number of rotatable bonds is 7. The number of carbonyl (C=O) groups excluding carboxylic acids is 2. The molecular weight excluding hydrogens is 449 g/mol. The van der Waals surface area contributed by atoms with E-state index in [0.29, 0.717) is 10.4 Å². The second kappa shape index (κ2) is 9.10. The van der Waals surface area contributed by atoms with Gasteiger partial charge < -0.3 is 10.1 Å². The molecule has 0 spiro atoms. The molecule has 1 aromatic carbocycles. The third-order valence-corrected chi connectivity index (χ3v) is 4.44. The van der Waals surface area contributed by atoms with Crippen LogP contribution in [0.25, 0.3) is 5.69 Å². The minimum absolute atomic E-state index is 0.0547. The third-order valence-electron chi connectivity index (χ3n) is 4.44. The van der Waals surface area contributed by atoms with Gasteiger partial charge in [0.1, 0.15) is 17.8 Å². The summed E-state index contributed by atoms with van der Waals surface area (Å²) in [6.45, 7) is 1.90. The first kappa shape index (κ1) is 23.4. The van der Waals surface area contributed by atoms with Crippen molar-refractivity contribution in [3.8, 4) is 5.69 Å². The molecule has 0 saturated carbocycles. The molecule has 174 valence electrons. The van der Waals surface area contributed by atoms with Crippen molar-refractivity contribution in [2.24, 2.45) is 0 Å². The largest absolute Gasteiger partial charge is 0.462 e. The molecule has 0 radical (unpaired) electrons. The maximum atomic E-state index is 13.2. The molecule has 2 aromatic heterocycles. The van der Waals surface area contributed by atoms with Gasteiger partial charge in [0.2, 0.25) is 11.6 Å². The zero-order valence-electron chi connectivity index (χ0n) is 17.3. The molecule has 1 amide bonds. The predicted molar refractivity (Wildman–Crippen MR) is 107 cm³/mol. The molecule has 0 aliphatic rings. The van der Waals surface area contributed by atoms with Gasteiger partial charge in [0, 0.05) is 0 Å². The molecule has 33 heavy (non-hydrogen) atoms. The summed E-state index contributed by atoms with van der Waals surface area (Å²) in [5.74, 6) is -1.76. The molecule has 0 saturated heterocycles. The van der Waals surface area contributed by atoms with Crippen LogP contribution < -0.4 is 5.32 Å². The Morgan fingerprint density at radius 3 is 2.45 bits per heavy atom. The fourth-order valence-electron chi connectivity index (χ4n) is 3.00. The number of nitrogens with one attached hydrogen (secondary N) is 1. The van der Waals surface area contributed by atoms with Crippen LogP contribution in [-0.2, 0) is 22.3 Å². The number of carbonyl (C=O) groups is 2. The number of aromatic nitrogens is 4. The number of para-hydroxylation sites is 1. The van der Waals surface area contributed by atoms with E-state index in [0.717, 1.165) is 6.92 Å². The smallest absolute Gasteiger partial charge is 0.442 e. The zero-order valence-corrected chi connectivity index (χ0v) is 17.3. The second-order valence-electron chi connectivity index (χ2n) is 6.62. The summed E-state index contributed by atoms with van der Waals surface area (Å²) in [5.41, 5.74) is -3.01. The number of nitro groups is 1. The molecule has 2 heterocycles. The minimum atomic E-state index is -5.09. The van der Waals surface area contributed by atoms with Crippen molar-refractivity contribution in [3.63, 3.8) is 0 Å². The van der Waals surface area contributed by atoms with Crippen LogP contribution in [0.4, 0.5) is 24.7 Å². The number of hydrogen-bond acceptors (Lipinski definition) is 7. The summed E-state index contributed by atoms with van der Waals surface area (Å²) >= 11 is 0. The van der Waals surface area contributed by atoms with Crippen molar-refractivity contribution >= 4 is 23.4 Å². The number of ether oxygens (including phenoxy) is 1. The SMILES string of the molecule is CCOC(=O)c1cnn(-c2ccccc2)c1NC(=O)Cn1nc(C(F)(F)F)c([N+](=O)[O-])c1C. The summed E-state index contributed by atoms with van der Waals surface area (Å²) in [6, 6.07) is 8.42. The van der Waals surface area contributed by atoms with Crippen LogP contribution in [-0.4, -0.2) is 43.0 Å². The number of esters is 1. The van der Waals surface area contributed by atoms with Crippen LogP contribution in [0, 0.1) is 17.0 Å². The minimum Gasteiger partial charge on any atom is -0.462 e. The Bertz CT molecular complexity index is 1200. The molecule has 11 nitrogen and oxygen atoms in total. The quantitative estimate of drug-likeness (QED) is 0.321. The molecule has 0 bridgehead atoms. The lowest BCUT2D eigenvalue weighted by Gasteiger charge is -2.11. The number of anilines is 1. The van der Waals surface area contributed by atoms with Crippen LogP contribution in [0.15, 0.2) is 36.5 Å². The van der Waals surface area contributed by atoms with Crippen molar-refractivity contribution in [1.29, 1.82) is 0 Å². The predicted octanol–water partition coefficient (Wildman–Crippen LogP) is 3.12. The molecule has 3 aromatic rings. The molecule has 0 aliphatic heterocycles. The van der Waals surface area contributed by atoms with Crippen LogP contribution in [0.5, 0.6) is 0 Å². The number of benzene rings is 1. The summed E-state index contributed by atoms with van der Waals surface area (Å²) in [7, 11) is 0. The van der Waals surface area contributed by atoms with Crippen LogP contribution >= 0.6 is 0 Å². The van der Waals surface area contributed by atoms with Crippen molar-refractivity contribution in [1.82, 2.24) is 19.6 Å². The van der Waals surface area contributed by atoms with Gasteiger partial charge in [-0.1, -0.05) is 18.2 Å². The first-order valence-corrected chi connectivity index (χ1v) is 9.44. The lowest BCUT2D eigenvalue weighted by molar-refractivity contribution is -0.388. The Balaban J connectivity index is 1.96. The highest BCUT2D eigenvalue weighted by Crippen LogP contribution is 2.37. The Morgan fingerprint density at radius 1 is 1.24 bits per heavy atom. The van der Waals surface area contributed by atoms with Crippen LogP contribution in [0.3, 0.4) is 0 Å². The highest BCUT2D eigenvalue weighted by atomic mass is 19.4. The van der Waals surface area contributed by atoms with E-state index in [9.17, 15) is 32.9 Å². The third kappa shape index (κ3) is 4.83. The fraction of sp³-hybridized carbons (Fsp3) is 0.263. The van der Waals surface area contributed by atoms with Gasteiger partial charge in [-0.25, -0.2) is 9.48 Å². The van der Waals surface area contributed by atoms with E-state index in [1.54, 1.807) is 37.3 Å². The molecule has 0 unspecified atom stereocenters. The molecule has 14 heteroatoms. The summed E-state index contributed by atoms with van der Waals surface area (Å²) in [4.78, 5) is 34.9. The average molecular weight is 466 g/mol. The first-order chi connectivity index (χ1) is 15.5. The van der Waals surface area contributed by atoms with Gasteiger partial charge in [-0.3, -0.25) is 19.6 Å². The second-order valence-corrected chi connectivity index (χ2v) is 6.62. The van der Waals surface area contributed by atoms with Crippen molar-refractivity contribution in [2.75, 3.05) is 11.9 Å². The van der Waals surface area contributed by atoms with E-state index in [-0.39, 0.29) is 18.0 Å². The highest BCUT2D eigenvalue weighted by Gasteiger charge is 2.44. The van der Waals surface area contributed by atoms with Crippen LogP contribution in [0.2, 0.25) is 0 Å². The van der Waals surface area contributed by atoms with Crippen molar-refractivity contribution in [2.45, 2.75) is 26.6 Å². The highest BCUT2D eigenvalue weighted by molar-refractivity contribution is 6.00. The van der Waals surface area contributed by atoms with E-state index in [1.807, 2.05) is 0 Å². The molecule has 0 atom stereocenters. The van der Waals surface area contributed by atoms with Crippen LogP contribution in [0.1, 0.15) is 28.7 Å². The maximum Gasteiger partial charge on any atom is 0.442 e. The maximum absolute atomic E-state index is 13.2. The fourth-order valence-corrected chi connectivity index (χ4v) is 3.00. The number of halogens is 3. The Morgan fingerprint density at radius 2 is 1.91 bits per heavy atom. The monoisotopic (exact) mass is 466 g/mol. The normalized spacial score (nSPS) is 11.3. The first-order valence-electron chi connectivity index (χ1n) is 9.44. The molecule has 1 N–H and O–H groups in total.